The molecule has 2 N–H and O–H groups in total. The van der Waals surface area contributed by atoms with E-state index in [1.54, 1.807) is 43.5 Å². The number of anilines is 3. The largest absolute Gasteiger partial charge is 0.340 e. The first-order valence-corrected chi connectivity index (χ1v) is 10.8. The smallest absolute Gasteiger partial charge is 0.262 e. The molecule has 31 heavy (non-hydrogen) atoms. The molecule has 0 amide bonds. The lowest BCUT2D eigenvalue weighted by molar-refractivity contribution is 0.594. The molecule has 4 aromatic rings. The Bertz CT molecular complexity index is 1340. The molecule has 158 valence electrons. The van der Waals surface area contributed by atoms with Crippen molar-refractivity contribution in [3.05, 3.63) is 84.5 Å². The third-order valence-corrected chi connectivity index (χ3v) is 6.10. The molecule has 2 aromatic carbocycles. The molecule has 8 nitrogen and oxygen atoms in total. The highest BCUT2D eigenvalue weighted by Gasteiger charge is 2.18. The summed E-state index contributed by atoms with van der Waals surface area (Å²) in [7, 11) is -3.91. The highest BCUT2D eigenvalue weighted by Crippen LogP contribution is 2.23. The van der Waals surface area contributed by atoms with E-state index in [2.05, 4.69) is 25.0 Å². The van der Waals surface area contributed by atoms with Crippen molar-refractivity contribution in [1.82, 2.24) is 19.5 Å². The first-order chi connectivity index (χ1) is 14.8. The average molecular weight is 438 g/mol. The van der Waals surface area contributed by atoms with Crippen molar-refractivity contribution < 1.29 is 12.8 Å². The second-order valence-corrected chi connectivity index (χ2v) is 8.47. The van der Waals surface area contributed by atoms with E-state index in [0.29, 0.717) is 28.6 Å². The fourth-order valence-corrected chi connectivity index (χ4v) is 4.33. The van der Waals surface area contributed by atoms with E-state index in [9.17, 15) is 12.8 Å². The van der Waals surface area contributed by atoms with Crippen molar-refractivity contribution in [2.24, 2.45) is 0 Å². The van der Waals surface area contributed by atoms with Gasteiger partial charge in [0.15, 0.2) is 0 Å². The van der Waals surface area contributed by atoms with Gasteiger partial charge in [-0.2, -0.15) is 0 Å². The summed E-state index contributed by atoms with van der Waals surface area (Å²) < 4.78 is 43.0. The van der Waals surface area contributed by atoms with Crippen molar-refractivity contribution in [1.29, 1.82) is 0 Å². The zero-order chi connectivity index (χ0) is 22.0. The summed E-state index contributed by atoms with van der Waals surface area (Å²) in [6.07, 6.45) is 4.94. The van der Waals surface area contributed by atoms with Crippen molar-refractivity contribution in [3.8, 4) is 5.82 Å². The third-order valence-electron chi connectivity index (χ3n) is 4.57. The SMILES string of the molecule is Cc1ccc(F)cc1S(=O)(=O)Nc1ccc(Nc2cc(-n3ccnc3C)ncn2)cc1. The molecular formula is C21H19FN6O2S. The van der Waals surface area contributed by atoms with E-state index in [-0.39, 0.29) is 4.90 Å². The number of benzene rings is 2. The normalized spacial score (nSPS) is 11.3. The van der Waals surface area contributed by atoms with Gasteiger partial charge in [-0.25, -0.2) is 27.8 Å². The Labute approximate surface area is 178 Å². The molecule has 0 spiro atoms. The molecule has 4 rings (SSSR count). The lowest BCUT2D eigenvalue weighted by Gasteiger charge is -2.12. The Kier molecular flexibility index (Phi) is 5.38. The molecule has 10 heteroatoms. The highest BCUT2D eigenvalue weighted by atomic mass is 32.2. The maximum Gasteiger partial charge on any atom is 0.262 e. The second-order valence-electron chi connectivity index (χ2n) is 6.82. The average Bonchev–Trinajstić information content (AvgIpc) is 3.17. The Hall–Kier alpha value is -3.79. The van der Waals surface area contributed by atoms with Gasteiger partial charge in [0.05, 0.1) is 4.90 Å². The molecule has 0 aliphatic rings. The summed E-state index contributed by atoms with van der Waals surface area (Å²) in [5.74, 6) is 1.43. The molecule has 0 aliphatic carbocycles. The number of rotatable bonds is 6. The van der Waals surface area contributed by atoms with Crippen LogP contribution in [0.5, 0.6) is 0 Å². The van der Waals surface area contributed by atoms with Crippen LogP contribution in [-0.2, 0) is 10.0 Å². The zero-order valence-electron chi connectivity index (χ0n) is 16.7. The lowest BCUT2D eigenvalue weighted by Crippen LogP contribution is -2.14. The van der Waals surface area contributed by atoms with Crippen LogP contribution in [0.2, 0.25) is 0 Å². The lowest BCUT2D eigenvalue weighted by atomic mass is 10.2. The molecule has 2 aromatic heterocycles. The minimum Gasteiger partial charge on any atom is -0.340 e. The zero-order valence-corrected chi connectivity index (χ0v) is 17.6. The maximum atomic E-state index is 13.5. The van der Waals surface area contributed by atoms with E-state index in [1.165, 1.54) is 18.5 Å². The predicted molar refractivity (Wildman–Crippen MR) is 116 cm³/mol. The molecule has 0 aliphatic heterocycles. The van der Waals surface area contributed by atoms with Crippen LogP contribution in [0.1, 0.15) is 11.4 Å². The second kappa shape index (κ2) is 8.15. The maximum absolute atomic E-state index is 13.5. The van der Waals surface area contributed by atoms with Crippen LogP contribution in [0.25, 0.3) is 5.82 Å². The summed E-state index contributed by atoms with van der Waals surface area (Å²) in [4.78, 5) is 12.5. The first kappa shape index (κ1) is 20.5. The number of nitrogens with zero attached hydrogens (tertiary/aromatic N) is 4. The van der Waals surface area contributed by atoms with Gasteiger partial charge in [-0.1, -0.05) is 6.07 Å². The molecule has 0 radical (unpaired) electrons. The van der Waals surface area contributed by atoms with Crippen molar-refractivity contribution >= 4 is 27.2 Å². The summed E-state index contributed by atoms with van der Waals surface area (Å²) in [5.41, 5.74) is 1.52. The number of sulfonamides is 1. The third kappa shape index (κ3) is 4.53. The quantitative estimate of drug-likeness (QED) is 0.472. The summed E-state index contributed by atoms with van der Waals surface area (Å²) >= 11 is 0. The highest BCUT2D eigenvalue weighted by molar-refractivity contribution is 7.92. The molecular weight excluding hydrogens is 419 g/mol. The fraction of sp³-hybridized carbons (Fsp3) is 0.0952. The Morgan fingerprint density at radius 3 is 2.39 bits per heavy atom. The van der Waals surface area contributed by atoms with E-state index in [1.807, 2.05) is 17.7 Å². The van der Waals surface area contributed by atoms with Crippen molar-refractivity contribution in [2.75, 3.05) is 10.0 Å². The van der Waals surface area contributed by atoms with Crippen LogP contribution in [-0.4, -0.2) is 27.9 Å². The van der Waals surface area contributed by atoms with E-state index in [4.69, 9.17) is 0 Å². The van der Waals surface area contributed by atoms with E-state index >= 15 is 0 Å². The van der Waals surface area contributed by atoms with Crippen LogP contribution in [0.15, 0.2) is 72.1 Å². The van der Waals surface area contributed by atoms with Crippen LogP contribution in [0.4, 0.5) is 21.6 Å². The van der Waals surface area contributed by atoms with Crippen molar-refractivity contribution in [3.63, 3.8) is 0 Å². The molecule has 0 fully saturated rings. The molecule has 0 unspecified atom stereocenters. The summed E-state index contributed by atoms with van der Waals surface area (Å²) in [6, 6.07) is 12.1. The number of hydrogen-bond donors (Lipinski definition) is 2. The summed E-state index contributed by atoms with van der Waals surface area (Å²) in [5, 5.41) is 3.15. The van der Waals surface area contributed by atoms with Gasteiger partial charge in [0.2, 0.25) is 0 Å². The monoisotopic (exact) mass is 438 g/mol. The van der Waals surface area contributed by atoms with Gasteiger partial charge in [0.25, 0.3) is 10.0 Å². The molecule has 0 saturated carbocycles. The van der Waals surface area contributed by atoms with Gasteiger partial charge in [0.1, 0.15) is 29.6 Å². The van der Waals surface area contributed by atoms with Gasteiger partial charge in [-0.15, -0.1) is 0 Å². The Morgan fingerprint density at radius 1 is 0.935 bits per heavy atom. The standard InChI is InChI=1S/C21H19FN6O2S/c1-14-3-4-16(22)11-19(14)31(29,30)27-18-7-5-17(6-8-18)26-20-12-21(25-13-24-20)28-10-9-23-15(28)2/h3-13,27H,1-2H3,(H,24,25,26). The molecule has 0 atom stereocenters. The van der Waals surface area contributed by atoms with Crippen LogP contribution >= 0.6 is 0 Å². The van der Waals surface area contributed by atoms with Crippen molar-refractivity contribution in [2.45, 2.75) is 18.7 Å². The molecule has 2 heterocycles. The number of nitrogens with one attached hydrogen (secondary N) is 2. The minimum atomic E-state index is -3.91. The molecule has 0 bridgehead atoms. The van der Waals surface area contributed by atoms with Crippen LogP contribution in [0.3, 0.4) is 0 Å². The Morgan fingerprint density at radius 2 is 1.68 bits per heavy atom. The van der Waals surface area contributed by atoms with Crippen LogP contribution in [0, 0.1) is 19.7 Å². The van der Waals surface area contributed by atoms with Gasteiger partial charge in [-0.05, 0) is 55.8 Å². The van der Waals surface area contributed by atoms with E-state index < -0.39 is 15.8 Å². The van der Waals surface area contributed by atoms with Gasteiger partial charge in [-0.3, -0.25) is 9.29 Å². The van der Waals surface area contributed by atoms with E-state index in [0.717, 1.165) is 11.9 Å². The number of halogens is 1. The van der Waals surface area contributed by atoms with Gasteiger partial charge >= 0.3 is 0 Å². The number of imidazole rings is 1. The number of hydrogen-bond acceptors (Lipinski definition) is 6. The van der Waals surface area contributed by atoms with Gasteiger partial charge < -0.3 is 5.32 Å². The fourth-order valence-electron chi connectivity index (χ4n) is 3.01. The Balaban J connectivity index is 1.50. The van der Waals surface area contributed by atoms with Crippen LogP contribution < -0.4 is 10.0 Å². The summed E-state index contributed by atoms with van der Waals surface area (Å²) in [6.45, 7) is 3.49. The first-order valence-electron chi connectivity index (χ1n) is 9.30. The topological polar surface area (TPSA) is 102 Å². The number of aromatic nitrogens is 4. The number of aryl methyl sites for hydroxylation is 2. The van der Waals surface area contributed by atoms with Gasteiger partial charge in [0, 0.05) is 29.8 Å². The minimum absolute atomic E-state index is 0.0991. The predicted octanol–water partition coefficient (Wildman–Crippen LogP) is 3.96. The molecule has 0 saturated heterocycles.